The average Bonchev–Trinajstić information content (AvgIpc) is 2.23. The molecule has 1 aromatic heterocycles. The van der Waals surface area contributed by atoms with Crippen LogP contribution in [0.2, 0.25) is 0 Å². The summed E-state index contributed by atoms with van der Waals surface area (Å²) in [6.45, 7) is 8.08. The molecule has 94 valence electrons. The van der Waals surface area contributed by atoms with Crippen LogP contribution in [0.15, 0.2) is 12.4 Å². The molecule has 0 aliphatic heterocycles. The molecule has 0 bridgehead atoms. The minimum absolute atomic E-state index is 0.546. The van der Waals surface area contributed by atoms with Gasteiger partial charge >= 0.3 is 0 Å². The van der Waals surface area contributed by atoms with Crippen molar-refractivity contribution in [2.75, 3.05) is 18.0 Å². The molecular weight excluding hydrogens is 232 g/mol. The van der Waals surface area contributed by atoms with Crippen LogP contribution in [-0.4, -0.2) is 28.0 Å². The third-order valence-corrected chi connectivity index (χ3v) is 2.53. The van der Waals surface area contributed by atoms with Crippen molar-refractivity contribution in [1.29, 1.82) is 0 Å². The van der Waals surface area contributed by atoms with Gasteiger partial charge in [0.1, 0.15) is 12.1 Å². The molecule has 0 aliphatic carbocycles. The molecule has 0 aliphatic rings. The van der Waals surface area contributed by atoms with Crippen molar-refractivity contribution in [3.8, 4) is 0 Å². The maximum atomic E-state index is 5.55. The zero-order chi connectivity index (χ0) is 12.8. The van der Waals surface area contributed by atoms with Gasteiger partial charge in [-0.3, -0.25) is 0 Å². The molecule has 1 heterocycles. The molecule has 0 unspecified atom stereocenters. The highest BCUT2D eigenvalue weighted by atomic mass is 32.1. The Kier molecular flexibility index (Phi) is 5.28. The molecule has 0 saturated carbocycles. The van der Waals surface area contributed by atoms with Crippen molar-refractivity contribution < 1.29 is 0 Å². The van der Waals surface area contributed by atoms with Crippen LogP contribution in [0.25, 0.3) is 0 Å². The molecule has 4 nitrogen and oxygen atoms in total. The van der Waals surface area contributed by atoms with E-state index in [0.717, 1.165) is 24.6 Å². The van der Waals surface area contributed by atoms with Crippen molar-refractivity contribution in [2.45, 2.75) is 27.2 Å². The number of hydrogen-bond acceptors (Lipinski definition) is 4. The molecule has 0 amide bonds. The van der Waals surface area contributed by atoms with Crippen molar-refractivity contribution in [2.24, 2.45) is 11.7 Å². The van der Waals surface area contributed by atoms with E-state index in [9.17, 15) is 0 Å². The molecule has 1 aromatic rings. The van der Waals surface area contributed by atoms with E-state index in [1.165, 1.54) is 0 Å². The van der Waals surface area contributed by atoms with Crippen LogP contribution < -0.4 is 10.6 Å². The largest absolute Gasteiger partial charge is 0.393 e. The second-order valence-electron chi connectivity index (χ2n) is 4.57. The highest BCUT2D eigenvalue weighted by Crippen LogP contribution is 2.13. The lowest BCUT2D eigenvalue weighted by Gasteiger charge is -2.25. The third-order valence-electron chi connectivity index (χ3n) is 2.33. The van der Waals surface area contributed by atoms with Gasteiger partial charge in [0.25, 0.3) is 0 Å². The average molecular weight is 252 g/mol. The number of nitrogens with two attached hydrogens (primary N) is 1. The van der Waals surface area contributed by atoms with Gasteiger partial charge in [0, 0.05) is 31.3 Å². The zero-order valence-corrected chi connectivity index (χ0v) is 11.5. The minimum Gasteiger partial charge on any atom is -0.393 e. The summed E-state index contributed by atoms with van der Waals surface area (Å²) in [7, 11) is 0. The van der Waals surface area contributed by atoms with Gasteiger partial charge in [-0.25, -0.2) is 9.97 Å². The molecule has 0 saturated heterocycles. The van der Waals surface area contributed by atoms with E-state index in [4.69, 9.17) is 18.0 Å². The van der Waals surface area contributed by atoms with Crippen molar-refractivity contribution in [3.63, 3.8) is 0 Å². The quantitative estimate of drug-likeness (QED) is 0.784. The van der Waals surface area contributed by atoms with Gasteiger partial charge < -0.3 is 10.6 Å². The summed E-state index contributed by atoms with van der Waals surface area (Å²) in [5.74, 6) is 1.51. The molecule has 17 heavy (non-hydrogen) atoms. The molecule has 2 N–H and O–H groups in total. The highest BCUT2D eigenvalue weighted by Gasteiger charge is 2.10. The summed E-state index contributed by atoms with van der Waals surface area (Å²) in [6, 6.07) is 1.99. The summed E-state index contributed by atoms with van der Waals surface area (Å²) < 4.78 is 0. The number of hydrogen-bond donors (Lipinski definition) is 1. The Morgan fingerprint density at radius 2 is 2.18 bits per heavy atom. The van der Waals surface area contributed by atoms with E-state index in [0.29, 0.717) is 17.3 Å². The number of rotatable bonds is 6. The molecule has 5 heteroatoms. The van der Waals surface area contributed by atoms with Crippen LogP contribution in [0.3, 0.4) is 0 Å². The van der Waals surface area contributed by atoms with E-state index in [1.807, 2.05) is 13.0 Å². The first kappa shape index (κ1) is 13.8. The minimum atomic E-state index is 0.546. The van der Waals surface area contributed by atoms with Gasteiger partial charge in [0.05, 0.1) is 4.99 Å². The molecule has 1 rings (SSSR count). The predicted octanol–water partition coefficient (Wildman–Crippen LogP) is 1.92. The fraction of sp³-hybridized carbons (Fsp3) is 0.583. The van der Waals surface area contributed by atoms with Gasteiger partial charge in [0.2, 0.25) is 0 Å². The maximum absolute atomic E-state index is 5.55. The van der Waals surface area contributed by atoms with Crippen LogP contribution in [0.5, 0.6) is 0 Å². The summed E-state index contributed by atoms with van der Waals surface area (Å²) in [5.41, 5.74) is 6.52. The van der Waals surface area contributed by atoms with E-state index in [-0.39, 0.29) is 0 Å². The highest BCUT2D eigenvalue weighted by molar-refractivity contribution is 7.80. The predicted molar refractivity (Wildman–Crippen MR) is 75.2 cm³/mol. The third kappa shape index (κ3) is 5.08. The SMILES string of the molecule is Cc1cc(N(CCC(N)=S)CC(C)C)ncn1. The Labute approximate surface area is 108 Å². The molecule has 0 atom stereocenters. The van der Waals surface area contributed by atoms with Crippen LogP contribution in [-0.2, 0) is 0 Å². The lowest BCUT2D eigenvalue weighted by atomic mass is 10.2. The number of nitrogens with zero attached hydrogens (tertiary/aromatic N) is 3. The second kappa shape index (κ2) is 6.49. The smallest absolute Gasteiger partial charge is 0.132 e. The summed E-state index contributed by atoms with van der Waals surface area (Å²) in [4.78, 5) is 11.2. The molecule has 0 fully saturated rings. The summed E-state index contributed by atoms with van der Waals surface area (Å²) in [6.07, 6.45) is 2.31. The number of anilines is 1. The Morgan fingerprint density at radius 1 is 1.47 bits per heavy atom. The topological polar surface area (TPSA) is 55.0 Å². The summed E-state index contributed by atoms with van der Waals surface area (Å²) >= 11 is 4.92. The number of aromatic nitrogens is 2. The van der Waals surface area contributed by atoms with Gasteiger partial charge in [-0.05, 0) is 12.8 Å². The molecule has 0 aromatic carbocycles. The number of thiocarbonyl (C=S) groups is 1. The normalized spacial score (nSPS) is 10.6. The van der Waals surface area contributed by atoms with Gasteiger partial charge in [-0.1, -0.05) is 26.1 Å². The van der Waals surface area contributed by atoms with Crippen molar-refractivity contribution in [1.82, 2.24) is 9.97 Å². The Hall–Kier alpha value is -1.23. The fourth-order valence-corrected chi connectivity index (χ4v) is 1.69. The van der Waals surface area contributed by atoms with Crippen LogP contribution in [0.1, 0.15) is 26.0 Å². The van der Waals surface area contributed by atoms with E-state index in [2.05, 4.69) is 28.7 Å². The lowest BCUT2D eigenvalue weighted by molar-refractivity contribution is 0.608. The zero-order valence-electron chi connectivity index (χ0n) is 10.7. The molecule has 0 spiro atoms. The molecule has 0 radical (unpaired) electrons. The second-order valence-corrected chi connectivity index (χ2v) is 5.10. The molecular formula is C12H20N4S. The maximum Gasteiger partial charge on any atom is 0.132 e. The van der Waals surface area contributed by atoms with Crippen molar-refractivity contribution >= 4 is 23.0 Å². The standard InChI is InChI=1S/C12H20N4S/c1-9(2)7-16(5-4-11(13)17)12-6-10(3)14-8-15-12/h6,8-9H,4-5,7H2,1-3H3,(H2,13,17). The van der Waals surface area contributed by atoms with Crippen LogP contribution in [0.4, 0.5) is 5.82 Å². The first-order valence-corrected chi connectivity index (χ1v) is 6.21. The Morgan fingerprint density at radius 3 is 2.71 bits per heavy atom. The van der Waals surface area contributed by atoms with E-state index < -0.39 is 0 Å². The first-order valence-electron chi connectivity index (χ1n) is 5.81. The number of aryl methyl sites for hydroxylation is 1. The summed E-state index contributed by atoms with van der Waals surface area (Å²) in [5, 5.41) is 0. The monoisotopic (exact) mass is 252 g/mol. The Bertz CT molecular complexity index is 379. The fourth-order valence-electron chi connectivity index (χ4n) is 1.60. The van der Waals surface area contributed by atoms with Gasteiger partial charge in [-0.2, -0.15) is 0 Å². The van der Waals surface area contributed by atoms with Gasteiger partial charge in [-0.15, -0.1) is 0 Å². The van der Waals surface area contributed by atoms with E-state index >= 15 is 0 Å². The van der Waals surface area contributed by atoms with Gasteiger partial charge in [0.15, 0.2) is 0 Å². The van der Waals surface area contributed by atoms with Crippen LogP contribution in [0, 0.1) is 12.8 Å². The lowest BCUT2D eigenvalue weighted by Crippen LogP contribution is -2.31. The van der Waals surface area contributed by atoms with E-state index in [1.54, 1.807) is 6.33 Å². The first-order chi connectivity index (χ1) is 7.99. The van der Waals surface area contributed by atoms with Crippen molar-refractivity contribution in [3.05, 3.63) is 18.1 Å². The Balaban J connectivity index is 2.77. The van der Waals surface area contributed by atoms with Crippen LogP contribution >= 0.6 is 12.2 Å².